The molecule has 0 amide bonds. The Morgan fingerprint density at radius 1 is 1.53 bits per heavy atom. The van der Waals surface area contributed by atoms with Gasteiger partial charge in [-0.15, -0.1) is 0 Å². The molecule has 0 aromatic heterocycles. The fourth-order valence-corrected chi connectivity index (χ4v) is 1.23. The molecule has 0 bridgehead atoms. The van der Waals surface area contributed by atoms with E-state index in [4.69, 9.17) is 4.74 Å². The monoisotopic (exact) mass is 208 g/mol. The van der Waals surface area contributed by atoms with Crippen LogP contribution in [0.25, 0.3) is 0 Å². The van der Waals surface area contributed by atoms with Crippen LogP contribution in [-0.2, 0) is 14.3 Å². The van der Waals surface area contributed by atoms with Crippen LogP contribution >= 0.6 is 0 Å². The minimum Gasteiger partial charge on any atom is -0.493 e. The number of carbonyl (C=O) groups excluding carboxylic acids is 1. The SMILES string of the molecule is COC(=O)CCOC1=CCC=CC=C1C. The van der Waals surface area contributed by atoms with Crippen LogP contribution in [0, 0.1) is 0 Å². The Labute approximate surface area is 90.1 Å². The van der Waals surface area contributed by atoms with E-state index >= 15 is 0 Å². The molecule has 15 heavy (non-hydrogen) atoms. The van der Waals surface area contributed by atoms with Gasteiger partial charge in [0, 0.05) is 0 Å². The number of ether oxygens (including phenoxy) is 2. The topological polar surface area (TPSA) is 35.5 Å². The van der Waals surface area contributed by atoms with Crippen LogP contribution in [0.1, 0.15) is 19.8 Å². The molecule has 3 nitrogen and oxygen atoms in total. The Kier molecular flexibility index (Phi) is 4.68. The van der Waals surface area contributed by atoms with Crippen LogP contribution in [-0.4, -0.2) is 19.7 Å². The summed E-state index contributed by atoms with van der Waals surface area (Å²) in [6.07, 6.45) is 9.21. The minimum atomic E-state index is -0.246. The van der Waals surface area contributed by atoms with Gasteiger partial charge in [-0.05, 0) is 25.0 Å². The second-order valence-corrected chi connectivity index (χ2v) is 3.26. The molecule has 0 aliphatic heterocycles. The van der Waals surface area contributed by atoms with Crippen molar-refractivity contribution in [1.29, 1.82) is 0 Å². The average molecular weight is 208 g/mol. The maximum Gasteiger partial charge on any atom is 0.308 e. The van der Waals surface area contributed by atoms with Gasteiger partial charge in [-0.3, -0.25) is 4.79 Å². The molecular weight excluding hydrogens is 192 g/mol. The summed E-state index contributed by atoms with van der Waals surface area (Å²) >= 11 is 0. The number of carbonyl (C=O) groups is 1. The largest absolute Gasteiger partial charge is 0.493 e. The van der Waals surface area contributed by atoms with Crippen LogP contribution in [0.2, 0.25) is 0 Å². The van der Waals surface area contributed by atoms with Crippen LogP contribution in [0.15, 0.2) is 35.6 Å². The second-order valence-electron chi connectivity index (χ2n) is 3.26. The summed E-state index contributed by atoms with van der Waals surface area (Å²) in [6, 6.07) is 0. The third-order valence-electron chi connectivity index (χ3n) is 2.10. The summed E-state index contributed by atoms with van der Waals surface area (Å²) < 4.78 is 10.0. The van der Waals surface area contributed by atoms with Gasteiger partial charge in [-0.25, -0.2) is 0 Å². The molecule has 0 unspecified atom stereocenters. The molecule has 0 N–H and O–H groups in total. The number of hydrogen-bond donors (Lipinski definition) is 0. The highest BCUT2D eigenvalue weighted by molar-refractivity contribution is 5.69. The lowest BCUT2D eigenvalue weighted by atomic mass is 10.2. The number of hydrogen-bond acceptors (Lipinski definition) is 3. The number of rotatable bonds is 4. The first-order valence-corrected chi connectivity index (χ1v) is 4.97. The van der Waals surface area contributed by atoms with Crippen LogP contribution in [0.3, 0.4) is 0 Å². The van der Waals surface area contributed by atoms with Crippen molar-refractivity contribution in [1.82, 2.24) is 0 Å². The van der Waals surface area contributed by atoms with E-state index in [0.717, 1.165) is 17.8 Å². The third kappa shape index (κ3) is 4.02. The predicted molar refractivity (Wildman–Crippen MR) is 58.2 cm³/mol. The van der Waals surface area contributed by atoms with Crippen molar-refractivity contribution >= 4 is 5.97 Å². The van der Waals surface area contributed by atoms with Crippen molar-refractivity contribution in [3.63, 3.8) is 0 Å². The van der Waals surface area contributed by atoms with Crippen molar-refractivity contribution in [2.75, 3.05) is 13.7 Å². The van der Waals surface area contributed by atoms with Gasteiger partial charge in [0.05, 0.1) is 20.1 Å². The summed E-state index contributed by atoms with van der Waals surface area (Å²) in [6.45, 7) is 2.35. The molecule has 3 heteroatoms. The zero-order valence-electron chi connectivity index (χ0n) is 9.16. The Morgan fingerprint density at radius 2 is 2.33 bits per heavy atom. The van der Waals surface area contributed by atoms with E-state index in [2.05, 4.69) is 10.8 Å². The Morgan fingerprint density at radius 3 is 3.07 bits per heavy atom. The maximum atomic E-state index is 10.9. The zero-order valence-corrected chi connectivity index (χ0v) is 9.16. The number of methoxy groups -OCH3 is 1. The van der Waals surface area contributed by atoms with Gasteiger partial charge < -0.3 is 9.47 Å². The zero-order chi connectivity index (χ0) is 11.1. The summed E-state index contributed by atoms with van der Waals surface area (Å²) in [5, 5.41) is 0. The lowest BCUT2D eigenvalue weighted by molar-refractivity contribution is -0.141. The van der Waals surface area contributed by atoms with Crippen LogP contribution < -0.4 is 0 Å². The lowest BCUT2D eigenvalue weighted by Crippen LogP contribution is -2.06. The van der Waals surface area contributed by atoms with Gasteiger partial charge in [-0.1, -0.05) is 18.2 Å². The molecule has 1 aliphatic carbocycles. The molecular formula is C12H16O3. The summed E-state index contributed by atoms with van der Waals surface area (Å²) in [5.74, 6) is 0.605. The summed E-state index contributed by atoms with van der Waals surface area (Å²) in [4.78, 5) is 10.9. The molecule has 1 aliphatic rings. The van der Waals surface area contributed by atoms with E-state index in [1.54, 1.807) is 0 Å². The average Bonchev–Trinajstić information content (AvgIpc) is 2.44. The standard InChI is InChI=1S/C12H16O3/c1-10-6-4-3-5-7-11(10)15-9-8-12(13)14-2/h3-4,6-7H,5,8-9H2,1-2H3. The Bertz CT molecular complexity index is 311. The minimum absolute atomic E-state index is 0.246. The molecule has 0 saturated carbocycles. The quantitative estimate of drug-likeness (QED) is 0.665. The van der Waals surface area contributed by atoms with Crippen LogP contribution in [0.4, 0.5) is 0 Å². The van der Waals surface area contributed by atoms with Crippen molar-refractivity contribution < 1.29 is 14.3 Å². The van der Waals surface area contributed by atoms with E-state index in [0.29, 0.717) is 6.61 Å². The highest BCUT2D eigenvalue weighted by Gasteiger charge is 2.04. The number of esters is 1. The molecule has 0 atom stereocenters. The van der Waals surface area contributed by atoms with Gasteiger partial charge in [0.1, 0.15) is 5.76 Å². The van der Waals surface area contributed by atoms with Crippen molar-refractivity contribution in [2.24, 2.45) is 0 Å². The molecule has 0 spiro atoms. The molecule has 1 rings (SSSR count). The summed E-state index contributed by atoms with van der Waals surface area (Å²) in [7, 11) is 1.38. The molecule has 0 radical (unpaired) electrons. The van der Waals surface area contributed by atoms with Gasteiger partial charge >= 0.3 is 5.97 Å². The molecule has 0 heterocycles. The van der Waals surface area contributed by atoms with Crippen molar-refractivity contribution in [3.05, 3.63) is 35.6 Å². The fraction of sp³-hybridized carbons (Fsp3) is 0.417. The van der Waals surface area contributed by atoms with Gasteiger partial charge in [0.2, 0.25) is 0 Å². The normalized spacial score (nSPS) is 15.1. The Hall–Kier alpha value is -1.51. The van der Waals surface area contributed by atoms with E-state index in [9.17, 15) is 4.79 Å². The molecule has 82 valence electrons. The first kappa shape index (κ1) is 11.6. The second kappa shape index (κ2) is 6.06. The Balaban J connectivity index is 2.38. The highest BCUT2D eigenvalue weighted by Crippen LogP contribution is 2.15. The first-order valence-electron chi connectivity index (χ1n) is 4.97. The fourth-order valence-electron chi connectivity index (χ4n) is 1.23. The van der Waals surface area contributed by atoms with E-state index in [-0.39, 0.29) is 12.4 Å². The number of allylic oxidation sites excluding steroid dienone is 5. The summed E-state index contributed by atoms with van der Waals surface area (Å²) in [5.41, 5.74) is 1.08. The van der Waals surface area contributed by atoms with Crippen LogP contribution in [0.5, 0.6) is 0 Å². The van der Waals surface area contributed by atoms with Gasteiger partial charge in [-0.2, -0.15) is 0 Å². The molecule has 0 saturated heterocycles. The van der Waals surface area contributed by atoms with Gasteiger partial charge in [0.25, 0.3) is 0 Å². The molecule has 0 fully saturated rings. The molecule has 0 aromatic carbocycles. The van der Waals surface area contributed by atoms with E-state index < -0.39 is 0 Å². The van der Waals surface area contributed by atoms with Crippen molar-refractivity contribution in [2.45, 2.75) is 19.8 Å². The lowest BCUT2D eigenvalue weighted by Gasteiger charge is -2.09. The third-order valence-corrected chi connectivity index (χ3v) is 2.10. The van der Waals surface area contributed by atoms with E-state index in [1.165, 1.54) is 7.11 Å². The van der Waals surface area contributed by atoms with Crippen molar-refractivity contribution in [3.8, 4) is 0 Å². The maximum absolute atomic E-state index is 10.9. The highest BCUT2D eigenvalue weighted by atomic mass is 16.5. The molecule has 0 aromatic rings. The van der Waals surface area contributed by atoms with E-state index in [1.807, 2.05) is 25.2 Å². The first-order chi connectivity index (χ1) is 7.24. The predicted octanol–water partition coefficient (Wildman–Crippen LogP) is 2.36. The smallest absolute Gasteiger partial charge is 0.308 e. The van der Waals surface area contributed by atoms with Gasteiger partial charge in [0.15, 0.2) is 0 Å².